The van der Waals surface area contributed by atoms with Gasteiger partial charge >= 0.3 is 0 Å². The molecule has 2 aromatic carbocycles. The molecule has 4 rings (SSSR count). The van der Waals surface area contributed by atoms with Crippen LogP contribution in [0.15, 0.2) is 68.9 Å². The molecule has 0 aliphatic carbocycles. The second-order valence-corrected chi connectivity index (χ2v) is 6.38. The molecule has 0 saturated carbocycles. The van der Waals surface area contributed by atoms with Crippen LogP contribution >= 0.6 is 27.3 Å². The Bertz CT molecular complexity index is 892. The monoisotopic (exact) mass is 355 g/mol. The Morgan fingerprint density at radius 2 is 1.81 bits per heavy atom. The molecule has 21 heavy (non-hydrogen) atoms. The van der Waals surface area contributed by atoms with Crippen molar-refractivity contribution in [1.29, 1.82) is 0 Å². The molecule has 102 valence electrons. The molecule has 0 bridgehead atoms. The van der Waals surface area contributed by atoms with Crippen molar-refractivity contribution in [3.63, 3.8) is 0 Å². The summed E-state index contributed by atoms with van der Waals surface area (Å²) in [5.41, 5.74) is 2.95. The van der Waals surface area contributed by atoms with Crippen LogP contribution in [0, 0.1) is 0 Å². The number of nitrogens with zero attached hydrogens (tertiary/aromatic N) is 1. The maximum atomic E-state index is 5.87. The van der Waals surface area contributed by atoms with Gasteiger partial charge in [-0.05, 0) is 18.2 Å². The first kappa shape index (κ1) is 12.8. The summed E-state index contributed by atoms with van der Waals surface area (Å²) in [6.07, 6.45) is 0. The minimum atomic E-state index is 0.819. The fraction of sp³-hybridized carbons (Fsp3) is 0. The van der Waals surface area contributed by atoms with Crippen molar-refractivity contribution < 1.29 is 4.42 Å². The van der Waals surface area contributed by atoms with Gasteiger partial charge in [0.15, 0.2) is 10.8 Å². The zero-order valence-corrected chi connectivity index (χ0v) is 13.3. The molecule has 0 N–H and O–H groups in total. The van der Waals surface area contributed by atoms with Gasteiger partial charge in [0.2, 0.25) is 0 Å². The smallest absolute Gasteiger partial charge is 0.164 e. The number of hydrogen-bond acceptors (Lipinski definition) is 3. The zero-order valence-electron chi connectivity index (χ0n) is 10.9. The average Bonchev–Trinajstić information content (AvgIpc) is 3.14. The fourth-order valence-electron chi connectivity index (χ4n) is 2.27. The quantitative estimate of drug-likeness (QED) is 0.441. The van der Waals surface area contributed by atoms with Gasteiger partial charge in [-0.15, -0.1) is 11.3 Å². The maximum Gasteiger partial charge on any atom is 0.164 e. The van der Waals surface area contributed by atoms with E-state index in [1.165, 1.54) is 0 Å². The normalized spacial score (nSPS) is 11.1. The number of benzene rings is 2. The third kappa shape index (κ3) is 2.30. The summed E-state index contributed by atoms with van der Waals surface area (Å²) in [6, 6.07) is 18.1. The Balaban J connectivity index is 1.79. The van der Waals surface area contributed by atoms with Gasteiger partial charge in [-0.2, -0.15) is 0 Å². The number of furan rings is 1. The van der Waals surface area contributed by atoms with Crippen LogP contribution in [0.25, 0.3) is 33.0 Å². The molecule has 0 aliphatic rings. The van der Waals surface area contributed by atoms with Gasteiger partial charge in [-0.25, -0.2) is 4.98 Å². The van der Waals surface area contributed by atoms with Gasteiger partial charge in [0.1, 0.15) is 5.58 Å². The van der Waals surface area contributed by atoms with E-state index >= 15 is 0 Å². The Morgan fingerprint density at radius 1 is 1.00 bits per heavy atom. The molecule has 2 nitrogen and oxygen atoms in total. The molecular weight excluding hydrogens is 346 g/mol. The molecule has 2 aromatic heterocycles. The zero-order chi connectivity index (χ0) is 14.2. The fourth-order valence-corrected chi connectivity index (χ4v) is 3.53. The van der Waals surface area contributed by atoms with E-state index in [0.717, 1.165) is 37.5 Å². The van der Waals surface area contributed by atoms with Crippen LogP contribution in [-0.2, 0) is 0 Å². The van der Waals surface area contributed by atoms with Crippen molar-refractivity contribution in [1.82, 2.24) is 4.98 Å². The summed E-state index contributed by atoms with van der Waals surface area (Å²) in [4.78, 5) is 4.70. The lowest BCUT2D eigenvalue weighted by Gasteiger charge is -1.98. The van der Waals surface area contributed by atoms with E-state index in [1.807, 2.05) is 48.5 Å². The van der Waals surface area contributed by atoms with Crippen LogP contribution < -0.4 is 0 Å². The summed E-state index contributed by atoms with van der Waals surface area (Å²) in [5.74, 6) is 0.819. The topological polar surface area (TPSA) is 26.0 Å². The molecule has 0 amide bonds. The molecule has 0 saturated heterocycles. The molecule has 0 atom stereocenters. The third-order valence-electron chi connectivity index (χ3n) is 3.29. The number of para-hydroxylation sites is 1. The van der Waals surface area contributed by atoms with E-state index in [-0.39, 0.29) is 0 Å². The number of rotatable bonds is 2. The van der Waals surface area contributed by atoms with Gasteiger partial charge in [0.25, 0.3) is 0 Å². The average molecular weight is 356 g/mol. The SMILES string of the molecule is Brc1ccccc1-c1csc(-c2cc3ccccc3o2)n1. The van der Waals surface area contributed by atoms with Crippen LogP contribution in [0.1, 0.15) is 0 Å². The van der Waals surface area contributed by atoms with Gasteiger partial charge in [0, 0.05) is 20.8 Å². The van der Waals surface area contributed by atoms with Gasteiger partial charge in [0.05, 0.1) is 5.69 Å². The number of halogens is 1. The highest BCUT2D eigenvalue weighted by molar-refractivity contribution is 9.10. The minimum absolute atomic E-state index is 0.819. The van der Waals surface area contributed by atoms with E-state index in [4.69, 9.17) is 9.40 Å². The first-order valence-corrected chi connectivity index (χ1v) is 8.18. The second kappa shape index (κ2) is 5.13. The Kier molecular flexibility index (Phi) is 3.13. The van der Waals surface area contributed by atoms with Gasteiger partial charge in [-0.1, -0.05) is 52.3 Å². The van der Waals surface area contributed by atoms with E-state index in [9.17, 15) is 0 Å². The van der Waals surface area contributed by atoms with Crippen molar-refractivity contribution >= 4 is 38.2 Å². The molecule has 4 heteroatoms. The first-order valence-electron chi connectivity index (χ1n) is 6.50. The molecule has 2 heterocycles. The summed E-state index contributed by atoms with van der Waals surface area (Å²) in [5, 5.41) is 4.06. The van der Waals surface area contributed by atoms with Crippen molar-refractivity contribution in [3.8, 4) is 22.0 Å². The predicted molar refractivity (Wildman–Crippen MR) is 90.5 cm³/mol. The molecule has 4 aromatic rings. The predicted octanol–water partition coefficient (Wildman–Crippen LogP) is 5.99. The number of hydrogen-bond donors (Lipinski definition) is 0. The highest BCUT2D eigenvalue weighted by Crippen LogP contribution is 2.34. The summed E-state index contributed by atoms with van der Waals surface area (Å²) in [7, 11) is 0. The largest absolute Gasteiger partial charge is 0.454 e. The van der Waals surface area contributed by atoms with Gasteiger partial charge < -0.3 is 4.42 Å². The maximum absolute atomic E-state index is 5.87. The number of aromatic nitrogens is 1. The highest BCUT2D eigenvalue weighted by atomic mass is 79.9. The lowest BCUT2D eigenvalue weighted by atomic mass is 10.2. The lowest BCUT2D eigenvalue weighted by Crippen LogP contribution is -1.79. The van der Waals surface area contributed by atoms with E-state index in [1.54, 1.807) is 11.3 Å². The van der Waals surface area contributed by atoms with Gasteiger partial charge in [-0.3, -0.25) is 0 Å². The Hall–Kier alpha value is -1.91. The van der Waals surface area contributed by atoms with Crippen LogP contribution in [-0.4, -0.2) is 4.98 Å². The molecule has 0 aliphatic heterocycles. The molecule has 0 fully saturated rings. The molecule has 0 unspecified atom stereocenters. The van der Waals surface area contributed by atoms with Crippen LogP contribution in [0.3, 0.4) is 0 Å². The second-order valence-electron chi connectivity index (χ2n) is 4.67. The van der Waals surface area contributed by atoms with Crippen LogP contribution in [0.5, 0.6) is 0 Å². The van der Waals surface area contributed by atoms with E-state index < -0.39 is 0 Å². The third-order valence-corrected chi connectivity index (χ3v) is 4.84. The molecular formula is C17H10BrNOS. The summed E-state index contributed by atoms with van der Waals surface area (Å²) in [6.45, 7) is 0. The first-order chi connectivity index (χ1) is 10.3. The molecule has 0 spiro atoms. The lowest BCUT2D eigenvalue weighted by molar-refractivity contribution is 0.631. The molecule has 0 radical (unpaired) electrons. The van der Waals surface area contributed by atoms with Crippen molar-refractivity contribution in [2.24, 2.45) is 0 Å². The highest BCUT2D eigenvalue weighted by Gasteiger charge is 2.12. The van der Waals surface area contributed by atoms with E-state index in [2.05, 4.69) is 27.4 Å². The van der Waals surface area contributed by atoms with Crippen molar-refractivity contribution in [3.05, 3.63) is 64.5 Å². The number of thiazole rings is 1. The van der Waals surface area contributed by atoms with Crippen molar-refractivity contribution in [2.45, 2.75) is 0 Å². The number of fused-ring (bicyclic) bond motifs is 1. The summed E-state index contributed by atoms with van der Waals surface area (Å²) >= 11 is 5.16. The van der Waals surface area contributed by atoms with Crippen LogP contribution in [0.2, 0.25) is 0 Å². The minimum Gasteiger partial charge on any atom is -0.454 e. The van der Waals surface area contributed by atoms with Crippen molar-refractivity contribution in [2.75, 3.05) is 0 Å². The Morgan fingerprint density at radius 3 is 2.67 bits per heavy atom. The Labute approximate surface area is 134 Å². The summed E-state index contributed by atoms with van der Waals surface area (Å²) < 4.78 is 6.92. The standard InChI is InChI=1S/C17H10BrNOS/c18-13-7-3-2-6-12(13)14-10-21-17(19-14)16-9-11-5-1-4-8-15(11)20-16/h1-10H. The van der Waals surface area contributed by atoms with Crippen LogP contribution in [0.4, 0.5) is 0 Å². The van der Waals surface area contributed by atoms with E-state index in [0.29, 0.717) is 0 Å².